The van der Waals surface area contributed by atoms with Gasteiger partial charge in [0.15, 0.2) is 0 Å². The van der Waals surface area contributed by atoms with Crippen LogP contribution in [0, 0.1) is 0 Å². The number of hydrogen-bond acceptors (Lipinski definition) is 3. The van der Waals surface area contributed by atoms with Gasteiger partial charge in [0, 0.05) is 0 Å². The normalized spacial score (nSPS) is 14.2. The van der Waals surface area contributed by atoms with E-state index in [4.69, 9.17) is 4.74 Å². The topological polar surface area (TPSA) is 15.7 Å². The third-order valence-corrected chi connectivity index (χ3v) is 24.0. The molecule has 3 aliphatic rings. The van der Waals surface area contributed by atoms with Gasteiger partial charge in [0.2, 0.25) is 0 Å². The van der Waals surface area contributed by atoms with Crippen LogP contribution in [-0.2, 0) is 0 Å². The van der Waals surface area contributed by atoms with Crippen LogP contribution in [0.1, 0.15) is 76.0 Å². The molecule has 8 aromatic carbocycles. The molecule has 0 saturated carbocycles. The number of fused-ring (bicyclic) bond motifs is 10. The molecule has 0 unspecified atom stereocenters. The van der Waals surface area contributed by atoms with Crippen LogP contribution in [0.3, 0.4) is 0 Å². The Morgan fingerprint density at radius 1 is 0.403 bits per heavy atom. The fourth-order valence-electron chi connectivity index (χ4n) is 11.0. The van der Waals surface area contributed by atoms with Crippen molar-refractivity contribution in [2.45, 2.75) is 59.3 Å². The predicted octanol–water partition coefficient (Wildman–Crippen LogP) is 10.6. The van der Waals surface area contributed by atoms with Gasteiger partial charge in [0.1, 0.15) is 0 Å². The Bertz CT molecular complexity index is 2900. The molecular weight excluding hydrogens is 812 g/mol. The molecule has 0 aromatic heterocycles. The summed E-state index contributed by atoms with van der Waals surface area (Å²) in [6.07, 6.45) is 0. The minimum atomic E-state index is -3.72. The van der Waals surface area contributed by atoms with Crippen molar-refractivity contribution in [3.05, 3.63) is 199 Å². The van der Waals surface area contributed by atoms with E-state index >= 15 is 0 Å². The van der Waals surface area contributed by atoms with Gasteiger partial charge in [-0.2, -0.15) is 0 Å². The standard InChI is InChI=1S/C57H51BGeN2O/c1-37(2)40-34-43(38(3)4)57(44(35-40)39(5)6)58-45-22-10-19-31-55(45)62-56-33-32-42(36-46(56)58)61-53-29-17-13-25-49(53)59(50-26-14-18-30-54(50)61)47-23-11-15-27-51(47)60(41-20-8-7-9-21-41)52-28-16-12-24-48(52)59/h7-39H,1-6H3. The van der Waals surface area contributed by atoms with E-state index < -0.39 is 13.3 Å². The third-order valence-electron chi connectivity index (χ3n) is 13.7. The van der Waals surface area contributed by atoms with Crippen LogP contribution in [0.4, 0.5) is 34.1 Å². The zero-order valence-electron chi connectivity index (χ0n) is 36.4. The van der Waals surface area contributed by atoms with Crippen molar-refractivity contribution >= 4 is 88.1 Å². The molecule has 0 N–H and O–H groups in total. The summed E-state index contributed by atoms with van der Waals surface area (Å²) in [5, 5.41) is 0. The molecule has 0 aliphatic carbocycles. The molecule has 0 radical (unpaired) electrons. The first-order valence-electron chi connectivity index (χ1n) is 22.4. The fraction of sp³-hybridized carbons (Fsp3) is 0.158. The van der Waals surface area contributed by atoms with E-state index in [0.29, 0.717) is 17.8 Å². The van der Waals surface area contributed by atoms with E-state index in [2.05, 4.69) is 233 Å². The van der Waals surface area contributed by atoms with Gasteiger partial charge in [-0.25, -0.2) is 0 Å². The van der Waals surface area contributed by atoms with Crippen LogP contribution in [0.25, 0.3) is 0 Å². The summed E-state index contributed by atoms with van der Waals surface area (Å²) >= 11 is -3.72. The molecule has 3 aliphatic heterocycles. The SMILES string of the molecule is CC(C)c1cc(C(C)C)c(B2c3ccccc3Oc3ccc(N4c5cccc[c]5[Ge]5([c]6ccccc6N(c6ccccc6)c6cccc[c]65)[c]5ccccc54)cc32)c(C(C)C)c1. The summed E-state index contributed by atoms with van der Waals surface area (Å²) in [5.74, 6) is 3.02. The van der Waals surface area contributed by atoms with Gasteiger partial charge in [-0.3, -0.25) is 0 Å². The number of nitrogens with zero attached hydrogens (tertiary/aromatic N) is 2. The second-order valence-electron chi connectivity index (χ2n) is 18.2. The molecule has 3 heterocycles. The molecule has 11 rings (SSSR count). The molecule has 0 atom stereocenters. The van der Waals surface area contributed by atoms with E-state index in [-0.39, 0.29) is 6.71 Å². The Morgan fingerprint density at radius 2 is 0.839 bits per heavy atom. The number of anilines is 6. The summed E-state index contributed by atoms with van der Waals surface area (Å²) in [6.45, 7) is 14.1. The van der Waals surface area contributed by atoms with Gasteiger partial charge in [-0.15, -0.1) is 0 Å². The third kappa shape index (κ3) is 5.72. The van der Waals surface area contributed by atoms with Gasteiger partial charge in [-0.05, 0) is 0 Å². The molecule has 0 amide bonds. The minimum absolute atomic E-state index is 0.00579. The van der Waals surface area contributed by atoms with Crippen molar-refractivity contribution in [3.8, 4) is 11.5 Å². The molecule has 0 saturated heterocycles. The van der Waals surface area contributed by atoms with Crippen molar-refractivity contribution in [2.75, 3.05) is 9.80 Å². The van der Waals surface area contributed by atoms with Crippen molar-refractivity contribution in [1.82, 2.24) is 0 Å². The van der Waals surface area contributed by atoms with E-state index in [1.807, 2.05) is 0 Å². The van der Waals surface area contributed by atoms with E-state index in [1.54, 1.807) is 0 Å². The Labute approximate surface area is 370 Å². The van der Waals surface area contributed by atoms with Gasteiger partial charge < -0.3 is 0 Å². The Balaban J connectivity index is 1.16. The number of rotatable bonds is 6. The fourth-order valence-corrected chi connectivity index (χ4v) is 22.4. The van der Waals surface area contributed by atoms with Crippen LogP contribution in [0.5, 0.6) is 11.5 Å². The van der Waals surface area contributed by atoms with Crippen molar-refractivity contribution in [2.24, 2.45) is 0 Å². The molecular formula is C57H51BGeN2O. The molecule has 8 aromatic rings. The molecule has 1 spiro atoms. The summed E-state index contributed by atoms with van der Waals surface area (Å²) in [7, 11) is 0. The second kappa shape index (κ2) is 15.0. The first kappa shape index (κ1) is 38.7. The van der Waals surface area contributed by atoms with Crippen LogP contribution < -0.4 is 48.5 Å². The van der Waals surface area contributed by atoms with E-state index in [0.717, 1.165) is 17.2 Å². The number of ether oxygens (including phenoxy) is 1. The quantitative estimate of drug-likeness (QED) is 0.155. The summed E-state index contributed by atoms with van der Waals surface area (Å²) < 4.78 is 12.7. The second-order valence-corrected chi connectivity index (χ2v) is 25.9. The molecule has 0 bridgehead atoms. The summed E-state index contributed by atoms with van der Waals surface area (Å²) in [4.78, 5) is 5.05. The summed E-state index contributed by atoms with van der Waals surface area (Å²) in [6, 6.07) is 68.7. The van der Waals surface area contributed by atoms with Gasteiger partial charge in [0.25, 0.3) is 0 Å². The number of benzene rings is 8. The monoisotopic (exact) mass is 864 g/mol. The first-order valence-corrected chi connectivity index (χ1v) is 26.6. The van der Waals surface area contributed by atoms with Crippen LogP contribution >= 0.6 is 0 Å². The van der Waals surface area contributed by atoms with Gasteiger partial charge >= 0.3 is 358 Å². The Morgan fingerprint density at radius 3 is 1.34 bits per heavy atom. The summed E-state index contributed by atoms with van der Waals surface area (Å²) in [5.41, 5.74) is 15.5. The predicted molar refractivity (Wildman–Crippen MR) is 266 cm³/mol. The maximum atomic E-state index is 6.87. The first-order chi connectivity index (χ1) is 30.3. The average Bonchev–Trinajstić information content (AvgIpc) is 3.30. The van der Waals surface area contributed by atoms with Crippen molar-refractivity contribution < 1.29 is 4.74 Å². The molecule has 62 heavy (non-hydrogen) atoms. The van der Waals surface area contributed by atoms with E-state index in [9.17, 15) is 0 Å². The van der Waals surface area contributed by atoms with Crippen LogP contribution in [0.15, 0.2) is 182 Å². The molecule has 0 fully saturated rings. The molecule has 5 heteroatoms. The zero-order chi connectivity index (χ0) is 42.3. The molecule has 302 valence electrons. The van der Waals surface area contributed by atoms with Crippen LogP contribution in [0.2, 0.25) is 0 Å². The van der Waals surface area contributed by atoms with Gasteiger partial charge in [0.05, 0.1) is 0 Å². The Kier molecular flexibility index (Phi) is 9.35. The Hall–Kier alpha value is -6.23. The maximum absolute atomic E-state index is 6.87. The van der Waals surface area contributed by atoms with Crippen LogP contribution in [-0.4, -0.2) is 20.0 Å². The molecule has 3 nitrogen and oxygen atoms in total. The number of para-hydroxylation sites is 6. The number of hydrogen-bond donors (Lipinski definition) is 0. The van der Waals surface area contributed by atoms with Crippen molar-refractivity contribution in [1.29, 1.82) is 0 Å². The zero-order valence-corrected chi connectivity index (χ0v) is 38.5. The van der Waals surface area contributed by atoms with Gasteiger partial charge in [-0.1, -0.05) is 13.8 Å². The average molecular weight is 863 g/mol. The van der Waals surface area contributed by atoms with E-state index in [1.165, 1.54) is 79.1 Å². The van der Waals surface area contributed by atoms with Crippen molar-refractivity contribution in [3.63, 3.8) is 0 Å².